The van der Waals surface area contributed by atoms with E-state index in [2.05, 4.69) is 4.98 Å². The third-order valence-electron chi connectivity index (χ3n) is 2.06. The number of hydrogen-bond donors (Lipinski definition) is 4. The van der Waals surface area contributed by atoms with Gasteiger partial charge in [-0.25, -0.2) is 4.98 Å². The predicted octanol–water partition coefficient (Wildman–Crippen LogP) is -1.55. The number of carbonyl (C=O) groups excluding carboxylic acids is 1. The highest BCUT2D eigenvalue weighted by molar-refractivity contribution is 5.79. The van der Waals surface area contributed by atoms with Crippen molar-refractivity contribution in [3.63, 3.8) is 0 Å². The summed E-state index contributed by atoms with van der Waals surface area (Å²) in [6.45, 7) is 0. The summed E-state index contributed by atoms with van der Waals surface area (Å²) in [5.74, 6) is -1.41. The summed E-state index contributed by atoms with van der Waals surface area (Å²) in [7, 11) is 0. The maximum Gasteiger partial charge on any atom is 0.288 e. The van der Waals surface area contributed by atoms with Crippen LogP contribution in [-0.4, -0.2) is 32.1 Å². The monoisotopic (exact) mass is 242 g/mol. The van der Waals surface area contributed by atoms with Crippen LogP contribution < -0.4 is 11.5 Å². The van der Waals surface area contributed by atoms with Gasteiger partial charge in [0.1, 0.15) is 18.1 Å². The molecule has 2 unspecified atom stereocenters. The molecule has 17 heavy (non-hydrogen) atoms. The molecule has 1 rings (SSSR count). The number of pyridine rings is 1. The van der Waals surface area contributed by atoms with Crippen molar-refractivity contribution in [2.75, 3.05) is 5.73 Å². The van der Waals surface area contributed by atoms with Gasteiger partial charge in [-0.1, -0.05) is 0 Å². The first-order valence-corrected chi connectivity index (χ1v) is 4.40. The van der Waals surface area contributed by atoms with Gasteiger partial charge in [-0.15, -0.1) is 0 Å². The normalized spacial score (nSPS) is 14.0. The van der Waals surface area contributed by atoms with Gasteiger partial charge in [-0.2, -0.15) is 0 Å². The van der Waals surface area contributed by atoms with Gasteiger partial charge in [0.25, 0.3) is 5.69 Å². The van der Waals surface area contributed by atoms with Crippen LogP contribution in [0.25, 0.3) is 0 Å². The van der Waals surface area contributed by atoms with Crippen LogP contribution >= 0.6 is 0 Å². The highest BCUT2D eigenvalue weighted by Gasteiger charge is 2.27. The van der Waals surface area contributed by atoms with Crippen LogP contribution in [0.15, 0.2) is 12.3 Å². The Morgan fingerprint density at radius 2 is 2.12 bits per heavy atom. The summed E-state index contributed by atoms with van der Waals surface area (Å²) in [6, 6.07) is 0.916. The van der Waals surface area contributed by atoms with E-state index < -0.39 is 28.7 Å². The Kier molecular flexibility index (Phi) is 3.55. The molecular weight excluding hydrogens is 232 g/mol. The van der Waals surface area contributed by atoms with E-state index in [0.29, 0.717) is 0 Å². The van der Waals surface area contributed by atoms with Crippen LogP contribution in [0.5, 0.6) is 0 Å². The van der Waals surface area contributed by atoms with E-state index in [0.717, 1.165) is 12.3 Å². The summed E-state index contributed by atoms with van der Waals surface area (Å²) in [5, 5.41) is 29.3. The Morgan fingerprint density at radius 1 is 1.53 bits per heavy atom. The fraction of sp³-hybridized carbons (Fsp3) is 0.250. The van der Waals surface area contributed by atoms with Gasteiger partial charge in [0.05, 0.1) is 4.92 Å². The second kappa shape index (κ2) is 4.72. The number of nitrogen functional groups attached to an aromatic ring is 1. The molecule has 0 radical (unpaired) electrons. The number of nitrogens with zero attached hydrogens (tertiary/aromatic N) is 2. The molecule has 92 valence electrons. The minimum atomic E-state index is -1.92. The number of anilines is 1. The van der Waals surface area contributed by atoms with Crippen LogP contribution in [0.1, 0.15) is 11.7 Å². The van der Waals surface area contributed by atoms with E-state index >= 15 is 0 Å². The summed E-state index contributed by atoms with van der Waals surface area (Å²) < 4.78 is 0. The molecule has 0 spiro atoms. The average Bonchev–Trinajstić information content (AvgIpc) is 2.27. The van der Waals surface area contributed by atoms with Crippen molar-refractivity contribution in [1.29, 1.82) is 0 Å². The highest BCUT2D eigenvalue weighted by atomic mass is 16.6. The van der Waals surface area contributed by atoms with Gasteiger partial charge in [0, 0.05) is 11.6 Å². The Bertz CT molecular complexity index is 463. The van der Waals surface area contributed by atoms with Crippen LogP contribution in [0, 0.1) is 10.1 Å². The molecular formula is C8H10N4O5. The summed E-state index contributed by atoms with van der Waals surface area (Å²) in [4.78, 5) is 23.9. The number of aliphatic hydroxyl groups excluding tert-OH is 2. The van der Waals surface area contributed by atoms with E-state index in [4.69, 9.17) is 11.5 Å². The van der Waals surface area contributed by atoms with Crippen molar-refractivity contribution in [2.45, 2.75) is 12.2 Å². The molecule has 0 bridgehead atoms. The number of carbonyl (C=O) groups is 1. The molecule has 1 amide bonds. The first-order valence-electron chi connectivity index (χ1n) is 4.40. The number of aromatic nitrogens is 1. The second-order valence-electron chi connectivity index (χ2n) is 3.22. The van der Waals surface area contributed by atoms with Gasteiger partial charge >= 0.3 is 0 Å². The molecule has 1 aromatic rings. The number of primary amides is 1. The third kappa shape index (κ3) is 2.65. The van der Waals surface area contributed by atoms with E-state index in [1.807, 2.05) is 0 Å². The van der Waals surface area contributed by atoms with Crippen molar-refractivity contribution in [1.82, 2.24) is 4.98 Å². The second-order valence-corrected chi connectivity index (χ2v) is 3.22. The third-order valence-corrected chi connectivity index (χ3v) is 2.06. The zero-order valence-electron chi connectivity index (χ0n) is 8.48. The van der Waals surface area contributed by atoms with E-state index in [1.54, 1.807) is 0 Å². The number of hydrogen-bond acceptors (Lipinski definition) is 7. The average molecular weight is 242 g/mol. The molecule has 0 fully saturated rings. The largest absolute Gasteiger partial charge is 0.385 e. The number of aliphatic hydroxyl groups is 2. The van der Waals surface area contributed by atoms with Crippen molar-refractivity contribution in [3.05, 3.63) is 27.9 Å². The minimum absolute atomic E-state index is 0.231. The topological polar surface area (TPSA) is 166 Å². The Hall–Kier alpha value is -2.26. The standard InChI is InChI=1S/C8H10N4O5/c9-7-4(5(13)6(14)8(10)15)1-3(2-11-7)12(16)17/h1-2,5-6,13-14H,(H2,9,11)(H2,10,15). The fourth-order valence-electron chi connectivity index (χ4n) is 1.14. The van der Waals surface area contributed by atoms with Crippen LogP contribution in [0.3, 0.4) is 0 Å². The first kappa shape index (κ1) is 12.8. The van der Waals surface area contributed by atoms with E-state index in [-0.39, 0.29) is 11.4 Å². The van der Waals surface area contributed by atoms with Crippen molar-refractivity contribution < 1.29 is 19.9 Å². The SMILES string of the molecule is NC(=O)C(O)C(O)c1cc([N+](=O)[O-])cnc1N. The minimum Gasteiger partial charge on any atom is -0.385 e. The van der Waals surface area contributed by atoms with Crippen molar-refractivity contribution in [2.24, 2.45) is 5.73 Å². The van der Waals surface area contributed by atoms with Crippen LogP contribution in [0.2, 0.25) is 0 Å². The van der Waals surface area contributed by atoms with Gasteiger partial charge in [0.15, 0.2) is 6.10 Å². The van der Waals surface area contributed by atoms with Crippen LogP contribution in [-0.2, 0) is 4.79 Å². The highest BCUT2D eigenvalue weighted by Crippen LogP contribution is 2.25. The summed E-state index contributed by atoms with van der Waals surface area (Å²) in [6.07, 6.45) is -2.79. The molecule has 2 atom stereocenters. The fourth-order valence-corrected chi connectivity index (χ4v) is 1.14. The molecule has 1 aromatic heterocycles. The molecule has 0 aliphatic carbocycles. The Labute approximate surface area is 94.8 Å². The zero-order chi connectivity index (χ0) is 13.2. The number of rotatable bonds is 4. The molecule has 9 heteroatoms. The van der Waals surface area contributed by atoms with E-state index in [9.17, 15) is 25.1 Å². The van der Waals surface area contributed by atoms with Crippen LogP contribution in [0.4, 0.5) is 11.5 Å². The van der Waals surface area contributed by atoms with Crippen molar-refractivity contribution in [3.8, 4) is 0 Å². The zero-order valence-corrected chi connectivity index (χ0v) is 8.48. The van der Waals surface area contributed by atoms with Gasteiger partial charge in [-0.3, -0.25) is 14.9 Å². The molecule has 0 saturated carbocycles. The number of amides is 1. The Balaban J connectivity index is 3.16. The lowest BCUT2D eigenvalue weighted by Crippen LogP contribution is -2.34. The molecule has 9 nitrogen and oxygen atoms in total. The lowest BCUT2D eigenvalue weighted by atomic mass is 10.0. The Morgan fingerprint density at radius 3 is 2.59 bits per heavy atom. The predicted molar refractivity (Wildman–Crippen MR) is 55.5 cm³/mol. The lowest BCUT2D eigenvalue weighted by molar-refractivity contribution is -0.385. The number of nitrogens with two attached hydrogens (primary N) is 2. The smallest absolute Gasteiger partial charge is 0.288 e. The maximum atomic E-state index is 10.7. The summed E-state index contributed by atoms with van der Waals surface area (Å²) >= 11 is 0. The molecule has 0 saturated heterocycles. The molecule has 0 aliphatic heterocycles. The molecule has 6 N–H and O–H groups in total. The quantitative estimate of drug-likeness (QED) is 0.366. The lowest BCUT2D eigenvalue weighted by Gasteiger charge is -2.15. The van der Waals surface area contributed by atoms with Crippen molar-refractivity contribution >= 4 is 17.4 Å². The maximum absolute atomic E-state index is 10.7. The molecule has 0 aliphatic rings. The molecule has 0 aromatic carbocycles. The molecule has 1 heterocycles. The van der Waals surface area contributed by atoms with Gasteiger partial charge in [0.2, 0.25) is 5.91 Å². The summed E-state index contributed by atoms with van der Waals surface area (Å²) in [5.41, 5.74) is 9.49. The number of nitro groups is 1. The van der Waals surface area contributed by atoms with Gasteiger partial charge in [-0.05, 0) is 0 Å². The first-order chi connectivity index (χ1) is 7.84. The van der Waals surface area contributed by atoms with Gasteiger partial charge < -0.3 is 21.7 Å². The van der Waals surface area contributed by atoms with E-state index in [1.165, 1.54) is 0 Å².